The molecular formula is C36H37B15O. The van der Waals surface area contributed by atoms with Crippen LogP contribution in [0.25, 0.3) is 76.5 Å². The van der Waals surface area contributed by atoms with Gasteiger partial charge in [-0.3, -0.25) is 0 Å². The summed E-state index contributed by atoms with van der Waals surface area (Å²) >= 11 is 0. The maximum Gasteiger partial charge on any atom is 0.140 e. The van der Waals surface area contributed by atoms with Gasteiger partial charge >= 0.3 is 0 Å². The molecule has 1 nitrogen and oxygen atoms in total. The Labute approximate surface area is 321 Å². The normalized spacial score (nSPS) is 11.8. The zero-order valence-corrected chi connectivity index (χ0v) is 33.9. The van der Waals surface area contributed by atoms with Gasteiger partial charge in [0.25, 0.3) is 0 Å². The van der Waals surface area contributed by atoms with Crippen LogP contribution in [0.2, 0.25) is 0 Å². The van der Waals surface area contributed by atoms with E-state index in [1.54, 1.807) is 0 Å². The fourth-order valence-corrected chi connectivity index (χ4v) is 9.95. The van der Waals surface area contributed by atoms with Gasteiger partial charge in [-0.15, -0.1) is 32.8 Å². The number of para-hydroxylation sites is 1. The van der Waals surface area contributed by atoms with Crippen LogP contribution in [0.5, 0.6) is 0 Å². The molecule has 52 heavy (non-hydrogen) atoms. The SMILES string of the molecule is Bc1c(B)c(B)c2c(B)c(-c3c4c(B)c(B)c(B)c(B)c4c(-c4ccc5c(c4)oc4ccccc45)c4c(B)c(B)c(B)c(B)c34)c(B)c(B)c2c1B. The van der Waals surface area contributed by atoms with Gasteiger partial charge in [0.1, 0.15) is 129 Å². The third-order valence-electron chi connectivity index (χ3n) is 14.0. The minimum Gasteiger partial charge on any atom is -0.456 e. The summed E-state index contributed by atoms with van der Waals surface area (Å²) in [4.78, 5) is 0. The number of benzene rings is 7. The molecule has 1 heterocycles. The summed E-state index contributed by atoms with van der Waals surface area (Å²) in [6.45, 7) is 0. The van der Waals surface area contributed by atoms with Crippen molar-refractivity contribution in [3.05, 3.63) is 42.5 Å². The molecular weight excluding hydrogens is 611 g/mol. The first-order valence-corrected chi connectivity index (χ1v) is 19.0. The van der Waals surface area contributed by atoms with E-state index in [1.807, 2.05) is 0 Å². The zero-order valence-electron chi connectivity index (χ0n) is 33.9. The van der Waals surface area contributed by atoms with Gasteiger partial charge < -0.3 is 4.42 Å². The van der Waals surface area contributed by atoms with Gasteiger partial charge in [0.2, 0.25) is 0 Å². The van der Waals surface area contributed by atoms with Crippen molar-refractivity contribution < 1.29 is 4.42 Å². The van der Waals surface area contributed by atoms with Crippen LogP contribution in [0.15, 0.2) is 46.9 Å². The van der Waals surface area contributed by atoms with E-state index in [-0.39, 0.29) is 0 Å². The number of hydrogen-bond donors (Lipinski definition) is 0. The Morgan fingerprint density at radius 2 is 0.673 bits per heavy atom. The quantitative estimate of drug-likeness (QED) is 0.134. The molecule has 8 aromatic rings. The Hall–Kier alpha value is -3.91. The van der Waals surface area contributed by atoms with Gasteiger partial charge in [0.05, 0.1) is 0 Å². The molecule has 0 saturated carbocycles. The van der Waals surface area contributed by atoms with Gasteiger partial charge in [0.15, 0.2) is 0 Å². The molecule has 0 unspecified atom stereocenters. The van der Waals surface area contributed by atoms with Gasteiger partial charge in [-0.2, -0.15) is 0 Å². The second-order valence-corrected chi connectivity index (χ2v) is 16.1. The van der Waals surface area contributed by atoms with E-state index >= 15 is 0 Å². The van der Waals surface area contributed by atoms with Crippen LogP contribution in [-0.4, -0.2) is 118 Å². The molecule has 0 radical (unpaired) electrons. The lowest BCUT2D eigenvalue weighted by Gasteiger charge is -2.31. The summed E-state index contributed by atoms with van der Waals surface area (Å²) in [5.41, 5.74) is 28.0. The number of rotatable bonds is 2. The highest BCUT2D eigenvalue weighted by atomic mass is 16.3. The molecule has 0 spiro atoms. The van der Waals surface area contributed by atoms with Crippen LogP contribution >= 0.6 is 0 Å². The second kappa shape index (κ2) is 12.1. The van der Waals surface area contributed by atoms with Gasteiger partial charge in [-0.25, -0.2) is 0 Å². The van der Waals surface area contributed by atoms with Crippen LogP contribution in [0.1, 0.15) is 0 Å². The molecule has 1 aromatic heterocycles. The first-order chi connectivity index (χ1) is 24.6. The van der Waals surface area contributed by atoms with Gasteiger partial charge in [-0.1, -0.05) is 73.4 Å². The summed E-state index contributed by atoms with van der Waals surface area (Å²) < 4.78 is 6.55. The lowest BCUT2D eigenvalue weighted by Crippen LogP contribution is -2.52. The Morgan fingerprint density at radius 3 is 1.17 bits per heavy atom. The number of furan rings is 1. The molecule has 0 bridgehead atoms. The first-order valence-electron chi connectivity index (χ1n) is 19.0. The van der Waals surface area contributed by atoms with Crippen LogP contribution in [0, 0.1) is 0 Å². The predicted octanol–water partition coefficient (Wildman–Crippen LogP) is -15.7. The molecule has 0 N–H and O–H groups in total. The topological polar surface area (TPSA) is 13.1 Å². The second-order valence-electron chi connectivity index (χ2n) is 16.1. The van der Waals surface area contributed by atoms with E-state index in [0.717, 1.165) is 11.2 Å². The van der Waals surface area contributed by atoms with Gasteiger partial charge in [-0.05, 0) is 72.8 Å². The van der Waals surface area contributed by atoms with Crippen molar-refractivity contribution in [1.82, 2.24) is 0 Å². The monoisotopic (exact) mass is 650 g/mol. The van der Waals surface area contributed by atoms with Crippen molar-refractivity contribution in [3.8, 4) is 22.3 Å². The molecule has 8 rings (SSSR count). The average Bonchev–Trinajstić information content (AvgIpc) is 3.51. The average molecular weight is 648 g/mol. The highest BCUT2D eigenvalue weighted by molar-refractivity contribution is 6.75. The van der Waals surface area contributed by atoms with E-state index in [2.05, 4.69) is 160 Å². The molecule has 0 aliphatic rings. The Kier molecular flexibility index (Phi) is 8.15. The summed E-state index contributed by atoms with van der Waals surface area (Å²) in [5, 5.41) is 10.7. The predicted molar refractivity (Wildman–Crippen MR) is 280 cm³/mol. The lowest BCUT2D eigenvalue weighted by molar-refractivity contribution is 0.669. The van der Waals surface area contributed by atoms with Crippen molar-refractivity contribution in [2.45, 2.75) is 0 Å². The van der Waals surface area contributed by atoms with Crippen molar-refractivity contribution >= 4 is 254 Å². The van der Waals surface area contributed by atoms with Crippen molar-refractivity contribution in [3.63, 3.8) is 0 Å². The fraction of sp³-hybridized carbons (Fsp3) is 0. The summed E-state index contributed by atoms with van der Waals surface area (Å²) in [6.07, 6.45) is 0. The van der Waals surface area contributed by atoms with Gasteiger partial charge in [0, 0.05) is 10.8 Å². The number of hydrogen-bond acceptors (Lipinski definition) is 1. The van der Waals surface area contributed by atoms with E-state index in [1.165, 1.54) is 147 Å². The first kappa shape index (κ1) is 35.1. The highest BCUT2D eigenvalue weighted by Crippen LogP contribution is 2.41. The molecule has 232 valence electrons. The van der Waals surface area contributed by atoms with E-state index < -0.39 is 0 Å². The molecule has 0 aliphatic heterocycles. The number of fused-ring (bicyclic) bond motifs is 6. The minimum atomic E-state index is 0.935. The maximum atomic E-state index is 6.55. The third kappa shape index (κ3) is 4.51. The van der Waals surface area contributed by atoms with Crippen LogP contribution in [0.4, 0.5) is 0 Å². The van der Waals surface area contributed by atoms with Crippen LogP contribution < -0.4 is 81.9 Å². The molecule has 0 amide bonds. The summed E-state index contributed by atoms with van der Waals surface area (Å²) in [5.74, 6) is 0. The zero-order chi connectivity index (χ0) is 37.4. The highest BCUT2D eigenvalue weighted by Gasteiger charge is 2.28. The Balaban J connectivity index is 1.69. The van der Waals surface area contributed by atoms with Crippen molar-refractivity contribution in [2.24, 2.45) is 0 Å². The van der Waals surface area contributed by atoms with Crippen molar-refractivity contribution in [2.75, 3.05) is 0 Å². The van der Waals surface area contributed by atoms with E-state index in [9.17, 15) is 0 Å². The Bertz CT molecular complexity index is 2890. The van der Waals surface area contributed by atoms with E-state index in [4.69, 9.17) is 4.42 Å². The molecule has 7 aromatic carbocycles. The van der Waals surface area contributed by atoms with Crippen LogP contribution in [-0.2, 0) is 0 Å². The van der Waals surface area contributed by atoms with Crippen LogP contribution in [0.3, 0.4) is 0 Å². The molecule has 16 heteroatoms. The molecule has 0 aliphatic carbocycles. The third-order valence-corrected chi connectivity index (χ3v) is 14.0. The molecule has 0 saturated heterocycles. The molecule has 0 atom stereocenters. The standard InChI is InChI=1S/C36H37B15O/c37-22-19(27(42)28(43)21-20(22)29(44)35(50)36(51)30(21)45)14-17-15(23(38)31(46)33(48)25(17)40)13(16-18(14)26(41)34(49)32(47)24(16)39)8-5-6-10-9-3-1-2-4-11(9)52-12(10)7-8/h1-7H,37-51H2. The Morgan fingerprint density at radius 1 is 0.288 bits per heavy atom. The fourth-order valence-electron chi connectivity index (χ4n) is 9.95. The lowest BCUT2D eigenvalue weighted by atomic mass is 9.56. The minimum absolute atomic E-state index is 0.935. The van der Waals surface area contributed by atoms with E-state index in [0.29, 0.717) is 0 Å². The largest absolute Gasteiger partial charge is 0.456 e. The maximum absolute atomic E-state index is 6.55. The van der Waals surface area contributed by atoms with Crippen molar-refractivity contribution in [1.29, 1.82) is 0 Å². The summed E-state index contributed by atoms with van der Waals surface area (Å²) in [6, 6.07) is 15.3. The molecule has 0 fully saturated rings. The smallest absolute Gasteiger partial charge is 0.140 e. The summed E-state index contributed by atoms with van der Waals surface area (Å²) in [7, 11) is 35.2.